The summed E-state index contributed by atoms with van der Waals surface area (Å²) in [7, 11) is 0. The number of carbonyl (C=O) groups excluding carboxylic acids is 2. The standard InChI is InChI=1S/C38H36N4O6S3/c1-5-45-35(43)31-32(36(44)46-6-2)34(42-38(40-26-15-11-8-12-16-26)48-28-19-23-30(50-4)24-20-28)51-33(31)41-37(39-25-13-9-7-10-14-25)47-27-17-21-29(49-3)22-18-27/h7-24H,5-6H2,1-4H3,(H,39,41)(H,40,42). The monoisotopic (exact) mass is 740 g/mol. The van der Waals surface area contributed by atoms with Crippen LogP contribution in [-0.4, -0.2) is 49.7 Å². The van der Waals surface area contributed by atoms with Gasteiger partial charge in [-0.3, -0.25) is 0 Å². The summed E-state index contributed by atoms with van der Waals surface area (Å²) in [4.78, 5) is 39.0. The second-order valence-electron chi connectivity index (χ2n) is 10.3. The first-order valence-corrected chi connectivity index (χ1v) is 19.1. The number of carbonyl (C=O) groups is 2. The summed E-state index contributed by atoms with van der Waals surface area (Å²) in [5.74, 6) is -0.537. The van der Waals surface area contributed by atoms with Gasteiger partial charge in [-0.05, 0) is 99.2 Å². The first-order chi connectivity index (χ1) is 24.9. The van der Waals surface area contributed by atoms with Gasteiger partial charge in [0.15, 0.2) is 0 Å². The highest BCUT2D eigenvalue weighted by Crippen LogP contribution is 2.43. The van der Waals surface area contributed by atoms with Crippen LogP contribution in [0.4, 0.5) is 21.4 Å². The molecule has 5 aromatic rings. The van der Waals surface area contributed by atoms with Crippen molar-refractivity contribution in [2.75, 3.05) is 36.4 Å². The summed E-state index contributed by atoms with van der Waals surface area (Å²) in [6.07, 6.45) is 3.98. The summed E-state index contributed by atoms with van der Waals surface area (Å²) >= 11 is 4.19. The van der Waals surface area contributed by atoms with E-state index in [4.69, 9.17) is 28.9 Å². The fourth-order valence-electron chi connectivity index (χ4n) is 4.49. The van der Waals surface area contributed by atoms with Crippen LogP contribution < -0.4 is 20.1 Å². The molecule has 1 aromatic heterocycles. The highest BCUT2D eigenvalue weighted by atomic mass is 32.2. The van der Waals surface area contributed by atoms with Crippen LogP contribution in [0.25, 0.3) is 0 Å². The van der Waals surface area contributed by atoms with Crippen LogP contribution in [0.15, 0.2) is 129 Å². The van der Waals surface area contributed by atoms with Gasteiger partial charge in [0.1, 0.15) is 32.6 Å². The average molecular weight is 741 g/mol. The van der Waals surface area contributed by atoms with Gasteiger partial charge in [0, 0.05) is 21.2 Å². The molecule has 0 aliphatic rings. The van der Waals surface area contributed by atoms with E-state index in [0.29, 0.717) is 22.9 Å². The topological polar surface area (TPSA) is 120 Å². The summed E-state index contributed by atoms with van der Waals surface area (Å²) in [6.45, 7) is 3.47. The van der Waals surface area contributed by atoms with Crippen LogP contribution in [-0.2, 0) is 9.47 Å². The normalized spacial score (nSPS) is 11.5. The Bertz CT molecular complexity index is 1830. The fraction of sp³-hybridized carbons (Fsp3) is 0.158. The Balaban J connectivity index is 1.68. The molecule has 2 N–H and O–H groups in total. The number of nitrogens with zero attached hydrogens (tertiary/aromatic N) is 2. The highest BCUT2D eigenvalue weighted by molar-refractivity contribution is 7.98. The van der Waals surface area contributed by atoms with Gasteiger partial charge in [0.25, 0.3) is 0 Å². The summed E-state index contributed by atoms with van der Waals surface area (Å²) in [5.41, 5.74) is 1.14. The number of rotatable bonds is 12. The lowest BCUT2D eigenvalue weighted by Gasteiger charge is -2.12. The van der Waals surface area contributed by atoms with Crippen LogP contribution in [0.2, 0.25) is 0 Å². The maximum atomic E-state index is 13.7. The number of hydrogen-bond donors (Lipinski definition) is 2. The molecule has 13 heteroatoms. The van der Waals surface area contributed by atoms with Crippen LogP contribution in [0.3, 0.4) is 0 Å². The highest BCUT2D eigenvalue weighted by Gasteiger charge is 2.32. The number of benzene rings is 4. The van der Waals surface area contributed by atoms with E-state index in [9.17, 15) is 9.59 Å². The van der Waals surface area contributed by atoms with E-state index >= 15 is 0 Å². The molecule has 0 saturated heterocycles. The third-order valence-electron chi connectivity index (χ3n) is 6.83. The van der Waals surface area contributed by atoms with Crippen molar-refractivity contribution in [1.29, 1.82) is 0 Å². The van der Waals surface area contributed by atoms with Crippen molar-refractivity contribution in [3.63, 3.8) is 0 Å². The van der Waals surface area contributed by atoms with Gasteiger partial charge < -0.3 is 29.6 Å². The molecule has 0 aliphatic heterocycles. The van der Waals surface area contributed by atoms with Crippen molar-refractivity contribution in [3.8, 4) is 11.5 Å². The minimum Gasteiger partial charge on any atom is -0.462 e. The SMILES string of the molecule is CCOC(=O)c1c(/N=C(/Nc2ccccc2)Oc2ccc(SC)cc2)sc(/N=C(\Nc2ccccc2)Oc2ccc(SC)cc2)c1C(=O)OCC. The van der Waals surface area contributed by atoms with Gasteiger partial charge in [-0.1, -0.05) is 47.7 Å². The van der Waals surface area contributed by atoms with Gasteiger partial charge in [-0.25, -0.2) is 9.59 Å². The van der Waals surface area contributed by atoms with E-state index in [0.717, 1.165) is 21.1 Å². The second-order valence-corrected chi connectivity index (χ2v) is 13.0. The minimum atomic E-state index is -0.772. The Labute approximate surface area is 309 Å². The van der Waals surface area contributed by atoms with Crippen molar-refractivity contribution in [2.45, 2.75) is 23.6 Å². The lowest BCUT2D eigenvalue weighted by molar-refractivity contribution is 0.0481. The molecule has 0 bridgehead atoms. The Morgan fingerprint density at radius 3 is 1.29 bits per heavy atom. The summed E-state index contributed by atoms with van der Waals surface area (Å²) in [6, 6.07) is 33.7. The van der Waals surface area contributed by atoms with Crippen LogP contribution in [0.1, 0.15) is 34.6 Å². The van der Waals surface area contributed by atoms with Gasteiger partial charge in [0.05, 0.1) is 13.2 Å². The number of hydrogen-bond acceptors (Lipinski definition) is 11. The van der Waals surface area contributed by atoms with Crippen molar-refractivity contribution < 1.29 is 28.5 Å². The number of para-hydroxylation sites is 2. The van der Waals surface area contributed by atoms with E-state index in [1.807, 2.05) is 122 Å². The van der Waals surface area contributed by atoms with E-state index < -0.39 is 11.9 Å². The van der Waals surface area contributed by atoms with Gasteiger partial charge in [-0.2, -0.15) is 9.98 Å². The Kier molecular flexibility index (Phi) is 13.6. The second kappa shape index (κ2) is 18.7. The molecule has 262 valence electrons. The first-order valence-electron chi connectivity index (χ1n) is 15.9. The Morgan fingerprint density at radius 2 is 0.961 bits per heavy atom. The third kappa shape index (κ3) is 10.4. The molecular formula is C38H36N4O6S3. The predicted octanol–water partition coefficient (Wildman–Crippen LogP) is 9.90. The van der Waals surface area contributed by atoms with Crippen molar-refractivity contribution >= 4 is 80.2 Å². The fourth-order valence-corrected chi connectivity index (χ4v) is 6.32. The summed E-state index contributed by atoms with van der Waals surface area (Å²) < 4.78 is 23.3. The molecule has 0 atom stereocenters. The number of amidine groups is 2. The minimum absolute atomic E-state index is 0.0450. The third-order valence-corrected chi connectivity index (χ3v) is 9.30. The zero-order chi connectivity index (χ0) is 36.0. The van der Waals surface area contributed by atoms with Crippen LogP contribution in [0, 0.1) is 0 Å². The van der Waals surface area contributed by atoms with Gasteiger partial charge in [0.2, 0.25) is 0 Å². The molecule has 5 rings (SSSR count). The number of ether oxygens (including phenoxy) is 4. The largest absolute Gasteiger partial charge is 0.462 e. The molecule has 10 nitrogen and oxygen atoms in total. The number of anilines is 2. The Hall–Kier alpha value is -5.24. The molecule has 0 aliphatic carbocycles. The lowest BCUT2D eigenvalue weighted by Crippen LogP contribution is -2.20. The first kappa shape index (κ1) is 37.0. The Morgan fingerprint density at radius 1 is 0.588 bits per heavy atom. The average Bonchev–Trinajstić information content (AvgIpc) is 3.50. The maximum absolute atomic E-state index is 13.7. The molecule has 4 aromatic carbocycles. The number of nitrogens with one attached hydrogen (secondary N) is 2. The van der Waals surface area contributed by atoms with Crippen molar-refractivity contribution in [3.05, 3.63) is 120 Å². The van der Waals surface area contributed by atoms with Gasteiger partial charge >= 0.3 is 24.0 Å². The summed E-state index contributed by atoms with van der Waals surface area (Å²) in [5, 5.41) is 6.59. The van der Waals surface area contributed by atoms with E-state index in [2.05, 4.69) is 10.6 Å². The lowest BCUT2D eigenvalue weighted by atomic mass is 10.1. The van der Waals surface area contributed by atoms with Crippen molar-refractivity contribution in [2.24, 2.45) is 9.98 Å². The zero-order valence-electron chi connectivity index (χ0n) is 28.4. The van der Waals surface area contributed by atoms with Gasteiger partial charge in [-0.15, -0.1) is 23.5 Å². The van der Waals surface area contributed by atoms with Crippen LogP contribution in [0.5, 0.6) is 11.5 Å². The molecule has 0 fully saturated rings. The van der Waals surface area contributed by atoms with E-state index in [1.165, 1.54) is 0 Å². The molecular weight excluding hydrogens is 705 g/mol. The quantitative estimate of drug-likeness (QED) is 0.0554. The molecule has 0 radical (unpaired) electrons. The number of thioether (sulfide) groups is 2. The maximum Gasteiger partial charge on any atom is 0.342 e. The molecule has 0 spiro atoms. The predicted molar refractivity (Wildman–Crippen MR) is 208 cm³/mol. The molecule has 0 unspecified atom stereocenters. The number of thiophene rings is 1. The van der Waals surface area contributed by atoms with E-state index in [1.54, 1.807) is 37.4 Å². The van der Waals surface area contributed by atoms with E-state index in [-0.39, 0.29) is 46.4 Å². The van der Waals surface area contributed by atoms with Crippen LogP contribution >= 0.6 is 34.9 Å². The number of esters is 2. The smallest absolute Gasteiger partial charge is 0.342 e. The molecule has 0 saturated carbocycles. The molecule has 51 heavy (non-hydrogen) atoms. The van der Waals surface area contributed by atoms with Crippen molar-refractivity contribution in [1.82, 2.24) is 0 Å². The molecule has 1 heterocycles. The number of aliphatic imine (C=N–C) groups is 2. The molecule has 0 amide bonds. The zero-order valence-corrected chi connectivity index (χ0v) is 30.8.